The third-order valence-electron chi connectivity index (χ3n) is 10.5. The van der Waals surface area contributed by atoms with Crippen molar-refractivity contribution < 1.29 is 28.8 Å². The fourth-order valence-corrected chi connectivity index (χ4v) is 7.25. The summed E-state index contributed by atoms with van der Waals surface area (Å²) in [5.74, 6) is -4.43. The summed E-state index contributed by atoms with van der Waals surface area (Å²) in [4.78, 5) is 83.6. The molecule has 2 saturated heterocycles. The first-order valence-electron chi connectivity index (χ1n) is 19.1. The largest absolute Gasteiger partial charge is 0.356 e. The molecule has 3 aromatic rings. The summed E-state index contributed by atoms with van der Waals surface area (Å²) >= 11 is 0. The van der Waals surface area contributed by atoms with Gasteiger partial charge < -0.3 is 31.1 Å². The van der Waals surface area contributed by atoms with Crippen LogP contribution in [0.4, 0.5) is 0 Å². The predicted octanol–water partition coefficient (Wildman–Crippen LogP) is 2.59. The second-order valence-corrected chi connectivity index (χ2v) is 14.6. The minimum atomic E-state index is -0.731. The van der Waals surface area contributed by atoms with Crippen molar-refractivity contribution in [3.63, 3.8) is 0 Å². The number of rotatable bonds is 15. The zero-order valence-corrected chi connectivity index (χ0v) is 30.8. The van der Waals surface area contributed by atoms with E-state index in [0.29, 0.717) is 43.6 Å². The van der Waals surface area contributed by atoms with Gasteiger partial charge in [-0.05, 0) is 67.5 Å². The van der Waals surface area contributed by atoms with Crippen LogP contribution in [0.25, 0.3) is 0 Å². The lowest BCUT2D eigenvalue weighted by Crippen LogP contribution is -2.42. The Balaban J connectivity index is 1.10. The Morgan fingerprint density at radius 1 is 0.519 bits per heavy atom. The number of carbonyl (C=O) groups excluding carboxylic acids is 6. The molecular formula is C42H50N6O6. The average Bonchev–Trinajstić information content (AvgIpc) is 3.70. The van der Waals surface area contributed by atoms with Crippen LogP contribution in [0, 0.1) is 23.7 Å². The topological polar surface area (TPSA) is 157 Å². The summed E-state index contributed by atoms with van der Waals surface area (Å²) in [6.45, 7) is 3.64. The van der Waals surface area contributed by atoms with Crippen molar-refractivity contribution in [2.75, 3.05) is 45.8 Å². The Kier molecular flexibility index (Phi) is 12.7. The molecule has 2 aliphatic heterocycles. The zero-order chi connectivity index (χ0) is 38.0. The molecule has 2 heterocycles. The fourth-order valence-electron chi connectivity index (χ4n) is 7.25. The number of nitrogens with one attached hydrogen (secondary N) is 4. The molecule has 0 bridgehead atoms. The first-order valence-corrected chi connectivity index (χ1v) is 19.1. The molecule has 0 aromatic heterocycles. The highest BCUT2D eigenvalue weighted by molar-refractivity contribution is 6.00. The predicted molar refractivity (Wildman–Crippen MR) is 203 cm³/mol. The number of hydrogen-bond donors (Lipinski definition) is 4. The van der Waals surface area contributed by atoms with Gasteiger partial charge in [-0.15, -0.1) is 0 Å². The van der Waals surface area contributed by atoms with Crippen molar-refractivity contribution in [3.8, 4) is 0 Å². The maximum absolute atomic E-state index is 13.8. The van der Waals surface area contributed by atoms with E-state index in [0.717, 1.165) is 30.4 Å². The smallest absolute Gasteiger partial charge is 0.253 e. The van der Waals surface area contributed by atoms with Crippen molar-refractivity contribution in [2.24, 2.45) is 23.7 Å². The van der Waals surface area contributed by atoms with Gasteiger partial charge in [-0.25, -0.2) is 0 Å². The molecule has 284 valence electrons. The van der Waals surface area contributed by atoms with Gasteiger partial charge in [0.2, 0.25) is 23.6 Å². The number of likely N-dealkylation sites (tertiary alicyclic amines) is 2. The lowest BCUT2D eigenvalue weighted by atomic mass is 9.94. The SMILES string of the molecule is CCCNC(=O)[C@@H]1CN(C(=O)c2ccc(C(=O)N3C[C@@H](C(=O)NCCc4ccccc4)[C@H](C(=O)NCCc4ccccc4)C3)cc2)C[C@H]1C(=O)NC1CC1. The van der Waals surface area contributed by atoms with Crippen LogP contribution in [0.15, 0.2) is 84.9 Å². The maximum Gasteiger partial charge on any atom is 0.253 e. The van der Waals surface area contributed by atoms with Crippen LogP contribution in [0.3, 0.4) is 0 Å². The maximum atomic E-state index is 13.8. The molecule has 3 aromatic carbocycles. The van der Waals surface area contributed by atoms with Gasteiger partial charge in [-0.2, -0.15) is 0 Å². The molecule has 6 amide bonds. The van der Waals surface area contributed by atoms with Gasteiger partial charge in [0, 0.05) is 63.0 Å². The monoisotopic (exact) mass is 734 g/mol. The summed E-state index contributed by atoms with van der Waals surface area (Å²) in [5.41, 5.74) is 2.81. The molecule has 6 rings (SSSR count). The Morgan fingerprint density at radius 3 is 1.26 bits per heavy atom. The van der Waals surface area contributed by atoms with Gasteiger partial charge in [-0.3, -0.25) is 28.8 Å². The highest BCUT2D eigenvalue weighted by Crippen LogP contribution is 2.29. The summed E-state index contributed by atoms with van der Waals surface area (Å²) in [7, 11) is 0. The van der Waals surface area contributed by atoms with Crippen LogP contribution in [0.5, 0.6) is 0 Å². The first kappa shape index (κ1) is 38.2. The third kappa shape index (κ3) is 9.71. The minimum absolute atomic E-state index is 0.0764. The number of hydrogen-bond acceptors (Lipinski definition) is 6. The zero-order valence-electron chi connectivity index (χ0n) is 30.8. The molecule has 12 nitrogen and oxygen atoms in total. The van der Waals surface area contributed by atoms with E-state index >= 15 is 0 Å². The van der Waals surface area contributed by atoms with Gasteiger partial charge >= 0.3 is 0 Å². The number of carbonyl (C=O) groups is 6. The van der Waals surface area contributed by atoms with Crippen molar-refractivity contribution in [1.29, 1.82) is 0 Å². The number of nitrogens with zero attached hydrogens (tertiary/aromatic N) is 2. The van der Waals surface area contributed by atoms with E-state index in [4.69, 9.17) is 0 Å². The van der Waals surface area contributed by atoms with E-state index in [9.17, 15) is 28.8 Å². The van der Waals surface area contributed by atoms with Gasteiger partial charge in [-0.1, -0.05) is 67.6 Å². The number of amides is 6. The molecule has 3 fully saturated rings. The Morgan fingerprint density at radius 2 is 0.889 bits per heavy atom. The van der Waals surface area contributed by atoms with Gasteiger partial charge in [0.05, 0.1) is 23.7 Å². The molecule has 0 unspecified atom stereocenters. The highest BCUT2D eigenvalue weighted by Gasteiger charge is 2.45. The molecule has 1 aliphatic carbocycles. The quantitative estimate of drug-likeness (QED) is 0.188. The second kappa shape index (κ2) is 18.0. The van der Waals surface area contributed by atoms with E-state index in [1.807, 2.05) is 67.6 Å². The molecule has 3 aliphatic rings. The first-order chi connectivity index (χ1) is 26.2. The van der Waals surface area contributed by atoms with Crippen molar-refractivity contribution in [2.45, 2.75) is 45.1 Å². The normalized spacial score (nSPS) is 20.6. The highest BCUT2D eigenvalue weighted by atomic mass is 16.2. The van der Waals surface area contributed by atoms with Crippen LogP contribution in [0.2, 0.25) is 0 Å². The van der Waals surface area contributed by atoms with Crippen molar-refractivity contribution in [1.82, 2.24) is 31.1 Å². The van der Waals surface area contributed by atoms with Crippen molar-refractivity contribution in [3.05, 3.63) is 107 Å². The van der Waals surface area contributed by atoms with Gasteiger partial charge in [0.1, 0.15) is 0 Å². The fraction of sp³-hybridized carbons (Fsp3) is 0.429. The van der Waals surface area contributed by atoms with Gasteiger partial charge in [0.15, 0.2) is 0 Å². The van der Waals surface area contributed by atoms with Crippen LogP contribution in [-0.4, -0.2) is 97.1 Å². The van der Waals surface area contributed by atoms with E-state index in [1.165, 1.54) is 9.80 Å². The van der Waals surface area contributed by atoms with Crippen LogP contribution in [0.1, 0.15) is 58.0 Å². The van der Waals surface area contributed by atoms with Crippen LogP contribution < -0.4 is 21.3 Å². The third-order valence-corrected chi connectivity index (χ3v) is 10.5. The van der Waals surface area contributed by atoms with E-state index in [1.54, 1.807) is 24.3 Å². The Hall–Kier alpha value is -5.52. The molecule has 0 spiro atoms. The Bertz CT molecular complexity index is 1730. The van der Waals surface area contributed by atoms with Crippen LogP contribution >= 0.6 is 0 Å². The molecular weight excluding hydrogens is 684 g/mol. The summed E-state index contributed by atoms with van der Waals surface area (Å²) in [6, 6.07) is 26.0. The van der Waals surface area contributed by atoms with Crippen LogP contribution in [-0.2, 0) is 32.0 Å². The molecule has 54 heavy (non-hydrogen) atoms. The van der Waals surface area contributed by atoms with E-state index in [-0.39, 0.29) is 67.7 Å². The minimum Gasteiger partial charge on any atom is -0.356 e. The summed E-state index contributed by atoms with van der Waals surface area (Å²) in [5, 5.41) is 11.8. The molecule has 12 heteroatoms. The molecule has 4 N–H and O–H groups in total. The summed E-state index contributed by atoms with van der Waals surface area (Å²) < 4.78 is 0. The lowest BCUT2D eigenvalue weighted by Gasteiger charge is -2.18. The average molecular weight is 735 g/mol. The summed E-state index contributed by atoms with van der Waals surface area (Å²) in [6.07, 6.45) is 3.87. The number of benzene rings is 3. The van der Waals surface area contributed by atoms with Crippen molar-refractivity contribution >= 4 is 35.4 Å². The van der Waals surface area contributed by atoms with E-state index < -0.39 is 23.7 Å². The molecule has 4 atom stereocenters. The van der Waals surface area contributed by atoms with Gasteiger partial charge in [0.25, 0.3) is 11.8 Å². The standard InChI is InChI=1S/C42H50N6O6/c1-2-21-43-37(49)35-26-48(27-36(35)40(52)46-32-17-18-32)42(54)31-15-13-30(14-16-31)41(53)47-24-33(38(50)44-22-19-28-9-5-3-6-10-28)34(25-47)39(51)45-23-20-29-11-7-4-8-12-29/h3-16,32-36H,2,17-27H2,1H3,(H,43,49)(H,44,50)(H,45,51)(H,46,52)/t33-,34-,35-,36-/m1/s1. The van der Waals surface area contributed by atoms with E-state index in [2.05, 4.69) is 21.3 Å². The second-order valence-electron chi connectivity index (χ2n) is 14.6. The molecule has 1 saturated carbocycles. The Labute approximate surface area is 316 Å². The lowest BCUT2D eigenvalue weighted by molar-refractivity contribution is -0.133. The molecule has 0 radical (unpaired) electrons.